The minimum atomic E-state index is -0.372. The lowest BCUT2D eigenvalue weighted by Gasteiger charge is -2.13. The van der Waals surface area contributed by atoms with E-state index in [2.05, 4.69) is 10.5 Å². The number of likely N-dealkylation sites (N-methyl/N-ethyl adjacent to an activating group) is 1. The molecule has 6 heteroatoms. The van der Waals surface area contributed by atoms with Gasteiger partial charge in [-0.05, 0) is 29.8 Å². The van der Waals surface area contributed by atoms with E-state index in [0.717, 1.165) is 5.56 Å². The first kappa shape index (κ1) is 19.9. The summed E-state index contributed by atoms with van der Waals surface area (Å²) in [7, 11) is 2.92. The Morgan fingerprint density at radius 1 is 0.931 bits per heavy atom. The number of rotatable bonds is 8. The third-order valence-electron chi connectivity index (χ3n) is 4.05. The van der Waals surface area contributed by atoms with Crippen molar-refractivity contribution in [3.05, 3.63) is 90.0 Å². The average molecular weight is 390 g/mol. The van der Waals surface area contributed by atoms with Crippen LogP contribution in [-0.4, -0.2) is 25.8 Å². The van der Waals surface area contributed by atoms with Gasteiger partial charge >= 0.3 is 0 Å². The van der Waals surface area contributed by atoms with E-state index in [-0.39, 0.29) is 11.6 Å². The van der Waals surface area contributed by atoms with Gasteiger partial charge in [-0.1, -0.05) is 53.7 Å². The molecule has 0 aliphatic heterocycles. The van der Waals surface area contributed by atoms with Gasteiger partial charge in [0.2, 0.25) is 0 Å². The molecule has 0 aliphatic rings. The average Bonchev–Trinajstić information content (AvgIpc) is 2.77. The van der Waals surface area contributed by atoms with Gasteiger partial charge in [-0.15, -0.1) is 0 Å². The van der Waals surface area contributed by atoms with E-state index in [1.807, 2.05) is 54.6 Å². The molecular weight excluding hydrogens is 368 g/mol. The quantitative estimate of drug-likeness (QED) is 0.463. The molecular formula is C23H22N2O4. The smallest absolute Gasteiger partial charge is 0.273 e. The minimum absolute atomic E-state index is 0.127. The second-order valence-corrected chi connectivity index (χ2v) is 6.05. The first-order valence-corrected chi connectivity index (χ1v) is 9.08. The Hall–Kier alpha value is -3.80. The molecule has 148 valence electrons. The molecule has 1 amide bonds. The maximum absolute atomic E-state index is 12.2. The van der Waals surface area contributed by atoms with Crippen molar-refractivity contribution < 1.29 is 19.1 Å². The molecule has 0 spiro atoms. The van der Waals surface area contributed by atoms with Crippen LogP contribution in [-0.2, 0) is 16.2 Å². The highest BCUT2D eigenvalue weighted by Crippen LogP contribution is 2.29. The van der Waals surface area contributed by atoms with Gasteiger partial charge in [-0.3, -0.25) is 4.79 Å². The van der Waals surface area contributed by atoms with Crippen molar-refractivity contribution in [2.24, 2.45) is 5.16 Å². The highest BCUT2D eigenvalue weighted by atomic mass is 16.6. The summed E-state index contributed by atoms with van der Waals surface area (Å²) in [5.41, 5.74) is 1.72. The van der Waals surface area contributed by atoms with Gasteiger partial charge in [0, 0.05) is 13.1 Å². The molecule has 3 aromatic rings. The van der Waals surface area contributed by atoms with Crippen LogP contribution in [0.5, 0.6) is 17.2 Å². The van der Waals surface area contributed by atoms with Crippen LogP contribution >= 0.6 is 0 Å². The second kappa shape index (κ2) is 9.94. The predicted octanol–water partition coefficient (Wildman–Crippen LogP) is 4.15. The summed E-state index contributed by atoms with van der Waals surface area (Å²) >= 11 is 0. The molecule has 1 N–H and O–H groups in total. The lowest BCUT2D eigenvalue weighted by Crippen LogP contribution is -2.28. The zero-order chi connectivity index (χ0) is 20.5. The summed E-state index contributed by atoms with van der Waals surface area (Å²) in [4.78, 5) is 17.0. The third kappa shape index (κ3) is 5.35. The molecule has 0 fully saturated rings. The van der Waals surface area contributed by atoms with Gasteiger partial charge in [0.25, 0.3) is 5.91 Å². The largest absolute Gasteiger partial charge is 0.489 e. The van der Waals surface area contributed by atoms with Crippen LogP contribution in [0.25, 0.3) is 0 Å². The first-order chi connectivity index (χ1) is 14.2. The number of para-hydroxylation sites is 1. The first-order valence-electron chi connectivity index (χ1n) is 9.08. The molecule has 0 unspecified atom stereocenters. The van der Waals surface area contributed by atoms with E-state index in [1.54, 1.807) is 24.3 Å². The van der Waals surface area contributed by atoms with E-state index < -0.39 is 0 Å². The SMILES string of the molecule is CNC(=O)/C(=N\OC)c1ccccc1Oc1cccc(OCc2ccccc2)c1. The molecule has 0 bridgehead atoms. The minimum Gasteiger partial charge on any atom is -0.489 e. The fourth-order valence-corrected chi connectivity index (χ4v) is 2.67. The Labute approximate surface area is 169 Å². The Bertz CT molecular complexity index is 987. The summed E-state index contributed by atoms with van der Waals surface area (Å²) in [5.74, 6) is 1.37. The van der Waals surface area contributed by atoms with Gasteiger partial charge in [-0.2, -0.15) is 0 Å². The number of nitrogens with one attached hydrogen (secondary N) is 1. The maximum atomic E-state index is 12.2. The van der Waals surface area contributed by atoms with Gasteiger partial charge < -0.3 is 19.6 Å². The molecule has 6 nitrogen and oxygen atoms in total. The molecule has 0 aromatic heterocycles. The summed E-state index contributed by atoms with van der Waals surface area (Å²) < 4.78 is 11.9. The Kier molecular flexibility index (Phi) is 6.84. The van der Waals surface area contributed by atoms with Crippen molar-refractivity contribution in [1.29, 1.82) is 0 Å². The van der Waals surface area contributed by atoms with Crippen LogP contribution in [0.4, 0.5) is 0 Å². The predicted molar refractivity (Wildman–Crippen MR) is 111 cm³/mol. The number of ether oxygens (including phenoxy) is 2. The molecule has 0 aliphatic carbocycles. The molecule has 3 rings (SSSR count). The van der Waals surface area contributed by atoms with Crippen molar-refractivity contribution in [1.82, 2.24) is 5.32 Å². The van der Waals surface area contributed by atoms with Crippen molar-refractivity contribution in [3.63, 3.8) is 0 Å². The number of hydrogen-bond acceptors (Lipinski definition) is 5. The molecule has 3 aromatic carbocycles. The van der Waals surface area contributed by atoms with Gasteiger partial charge in [0.05, 0.1) is 5.56 Å². The number of amides is 1. The van der Waals surface area contributed by atoms with Crippen LogP contribution in [0, 0.1) is 0 Å². The Balaban J connectivity index is 1.80. The second-order valence-electron chi connectivity index (χ2n) is 6.05. The van der Waals surface area contributed by atoms with E-state index in [1.165, 1.54) is 14.2 Å². The van der Waals surface area contributed by atoms with Crippen molar-refractivity contribution in [3.8, 4) is 17.2 Å². The number of nitrogens with zero attached hydrogens (tertiary/aromatic N) is 1. The van der Waals surface area contributed by atoms with Gasteiger partial charge in [0.1, 0.15) is 31.0 Å². The summed E-state index contributed by atoms with van der Waals surface area (Å²) in [6.45, 7) is 0.461. The molecule has 0 saturated heterocycles. The summed E-state index contributed by atoms with van der Waals surface area (Å²) in [5, 5.41) is 6.40. The fraction of sp³-hybridized carbons (Fsp3) is 0.130. The lowest BCUT2D eigenvalue weighted by molar-refractivity contribution is -0.114. The summed E-state index contributed by atoms with van der Waals surface area (Å²) in [6, 6.07) is 24.4. The number of oxime groups is 1. The summed E-state index contributed by atoms with van der Waals surface area (Å²) in [6.07, 6.45) is 0. The van der Waals surface area contributed by atoms with E-state index in [9.17, 15) is 4.79 Å². The number of carbonyl (C=O) groups excluding carboxylic acids is 1. The van der Waals surface area contributed by atoms with E-state index >= 15 is 0 Å². The zero-order valence-corrected chi connectivity index (χ0v) is 16.3. The molecule has 0 saturated carbocycles. The Morgan fingerprint density at radius 2 is 1.66 bits per heavy atom. The topological polar surface area (TPSA) is 69.2 Å². The molecule has 0 radical (unpaired) electrons. The maximum Gasteiger partial charge on any atom is 0.273 e. The third-order valence-corrected chi connectivity index (χ3v) is 4.05. The van der Waals surface area contributed by atoms with E-state index in [0.29, 0.717) is 29.4 Å². The number of benzene rings is 3. The van der Waals surface area contributed by atoms with Gasteiger partial charge in [0.15, 0.2) is 5.71 Å². The Morgan fingerprint density at radius 3 is 2.41 bits per heavy atom. The van der Waals surface area contributed by atoms with Crippen molar-refractivity contribution >= 4 is 11.6 Å². The van der Waals surface area contributed by atoms with Crippen molar-refractivity contribution in [2.75, 3.05) is 14.2 Å². The van der Waals surface area contributed by atoms with Crippen LogP contribution < -0.4 is 14.8 Å². The molecule has 0 heterocycles. The standard InChI is InChI=1S/C23H22N2O4/c1-24-23(26)22(25-27-2)20-13-6-7-14-21(20)29-19-12-8-11-18(15-19)28-16-17-9-4-3-5-10-17/h3-15H,16H2,1-2H3,(H,24,26)/b25-22-. The highest BCUT2D eigenvalue weighted by Gasteiger charge is 2.18. The normalized spacial score (nSPS) is 10.9. The van der Waals surface area contributed by atoms with Crippen molar-refractivity contribution in [2.45, 2.75) is 6.61 Å². The lowest BCUT2D eigenvalue weighted by atomic mass is 10.1. The zero-order valence-electron chi connectivity index (χ0n) is 16.3. The fourth-order valence-electron chi connectivity index (χ4n) is 2.67. The van der Waals surface area contributed by atoms with Crippen LogP contribution in [0.2, 0.25) is 0 Å². The molecule has 0 atom stereocenters. The van der Waals surface area contributed by atoms with Gasteiger partial charge in [-0.25, -0.2) is 0 Å². The van der Waals surface area contributed by atoms with Crippen LogP contribution in [0.15, 0.2) is 84.0 Å². The van der Waals surface area contributed by atoms with Crippen LogP contribution in [0.3, 0.4) is 0 Å². The highest BCUT2D eigenvalue weighted by molar-refractivity contribution is 6.45. The monoisotopic (exact) mass is 390 g/mol. The number of carbonyl (C=O) groups is 1. The molecule has 29 heavy (non-hydrogen) atoms. The van der Waals surface area contributed by atoms with Crippen LogP contribution in [0.1, 0.15) is 11.1 Å². The number of hydrogen-bond donors (Lipinski definition) is 1. The van der Waals surface area contributed by atoms with E-state index in [4.69, 9.17) is 14.3 Å².